The maximum atomic E-state index is 13.2. The number of nitrogens with zero attached hydrogens (tertiary/aromatic N) is 1. The van der Waals surface area contributed by atoms with Gasteiger partial charge < -0.3 is 0 Å². The van der Waals surface area contributed by atoms with Crippen LogP contribution in [0, 0.1) is 17.8 Å². The molecule has 1 heterocycles. The highest BCUT2D eigenvalue weighted by Gasteiger charge is 2.57. The average molecular weight is 333 g/mol. The van der Waals surface area contributed by atoms with Crippen molar-refractivity contribution < 1.29 is 14.4 Å². The van der Waals surface area contributed by atoms with E-state index in [0.29, 0.717) is 5.69 Å². The number of fused-ring (bicyclic) bond motifs is 1. The molecule has 1 aliphatic carbocycles. The van der Waals surface area contributed by atoms with E-state index in [1.807, 2.05) is 43.3 Å². The molecular weight excluding hydrogens is 314 g/mol. The van der Waals surface area contributed by atoms with Gasteiger partial charge in [-0.25, -0.2) is 0 Å². The van der Waals surface area contributed by atoms with E-state index in [-0.39, 0.29) is 35.9 Å². The summed E-state index contributed by atoms with van der Waals surface area (Å²) < 4.78 is 0. The topological polar surface area (TPSA) is 54.5 Å². The minimum Gasteiger partial charge on any atom is -0.299 e. The lowest BCUT2D eigenvalue weighted by molar-refractivity contribution is -0.134. The van der Waals surface area contributed by atoms with Crippen LogP contribution in [-0.4, -0.2) is 17.6 Å². The van der Waals surface area contributed by atoms with Gasteiger partial charge in [0.25, 0.3) is 0 Å². The number of imide groups is 1. The molecule has 0 N–H and O–H groups in total. The van der Waals surface area contributed by atoms with Crippen LogP contribution in [0.3, 0.4) is 0 Å². The number of hydrogen-bond donors (Lipinski definition) is 0. The fraction of sp³-hybridized carbons (Fsp3) is 0.286. The fourth-order valence-corrected chi connectivity index (χ4v) is 4.28. The molecule has 25 heavy (non-hydrogen) atoms. The van der Waals surface area contributed by atoms with E-state index in [0.717, 1.165) is 5.56 Å². The van der Waals surface area contributed by atoms with Crippen molar-refractivity contribution in [3.63, 3.8) is 0 Å². The molecule has 1 aliphatic heterocycles. The second kappa shape index (κ2) is 5.96. The minimum atomic E-state index is -0.554. The summed E-state index contributed by atoms with van der Waals surface area (Å²) in [6.07, 6.45) is 0.156. The van der Waals surface area contributed by atoms with E-state index < -0.39 is 11.8 Å². The van der Waals surface area contributed by atoms with E-state index in [1.165, 1.54) is 4.90 Å². The molecule has 2 aromatic carbocycles. The quantitative estimate of drug-likeness (QED) is 0.793. The lowest BCUT2D eigenvalue weighted by Gasteiger charge is -2.35. The summed E-state index contributed by atoms with van der Waals surface area (Å²) in [7, 11) is 0. The summed E-state index contributed by atoms with van der Waals surface area (Å²) in [6, 6.07) is 18.6. The van der Waals surface area contributed by atoms with Gasteiger partial charge in [0.15, 0.2) is 0 Å². The number of para-hydroxylation sites is 1. The van der Waals surface area contributed by atoms with E-state index in [1.54, 1.807) is 24.3 Å². The lowest BCUT2D eigenvalue weighted by Crippen LogP contribution is -2.39. The Kier molecular flexibility index (Phi) is 3.75. The van der Waals surface area contributed by atoms with Crippen molar-refractivity contribution in [3.05, 3.63) is 66.2 Å². The Hall–Kier alpha value is -2.75. The Balaban J connectivity index is 1.79. The van der Waals surface area contributed by atoms with Gasteiger partial charge in [-0.05, 0) is 17.7 Å². The van der Waals surface area contributed by atoms with Crippen molar-refractivity contribution in [2.45, 2.75) is 19.3 Å². The lowest BCUT2D eigenvalue weighted by atomic mass is 9.65. The molecule has 4 heteroatoms. The second-order valence-corrected chi connectivity index (χ2v) is 6.88. The summed E-state index contributed by atoms with van der Waals surface area (Å²) in [4.78, 5) is 39.9. The Bertz CT molecular complexity index is 831. The number of anilines is 1. The molecule has 4 atom stereocenters. The van der Waals surface area contributed by atoms with Crippen LogP contribution in [0.2, 0.25) is 0 Å². The molecule has 0 aromatic heterocycles. The molecule has 2 amide bonds. The average Bonchev–Trinajstić information content (AvgIpc) is 2.88. The fourth-order valence-electron chi connectivity index (χ4n) is 4.28. The number of Topliss-reactive ketones (excluding diaryl/α,β-unsaturated/α-hetero) is 1. The minimum absolute atomic E-state index is 0.0613. The highest BCUT2D eigenvalue weighted by atomic mass is 16.2. The summed E-state index contributed by atoms with van der Waals surface area (Å²) in [5.74, 6) is -1.92. The predicted molar refractivity (Wildman–Crippen MR) is 93.9 cm³/mol. The van der Waals surface area contributed by atoms with Crippen LogP contribution in [0.4, 0.5) is 5.69 Å². The molecule has 2 aromatic rings. The van der Waals surface area contributed by atoms with Gasteiger partial charge in [-0.2, -0.15) is 0 Å². The van der Waals surface area contributed by atoms with Crippen LogP contribution in [0.25, 0.3) is 0 Å². The van der Waals surface area contributed by atoms with Crippen molar-refractivity contribution in [2.75, 3.05) is 4.90 Å². The van der Waals surface area contributed by atoms with Crippen molar-refractivity contribution in [3.8, 4) is 0 Å². The number of benzene rings is 2. The highest BCUT2D eigenvalue weighted by Crippen LogP contribution is 2.48. The molecule has 1 saturated carbocycles. The predicted octanol–water partition coefficient (Wildman–Crippen LogP) is 3.18. The zero-order valence-corrected chi connectivity index (χ0v) is 14.0. The van der Waals surface area contributed by atoms with Gasteiger partial charge in [0, 0.05) is 18.3 Å². The third-order valence-corrected chi connectivity index (χ3v) is 5.53. The molecule has 0 spiro atoms. The Morgan fingerprint density at radius 3 is 2.04 bits per heavy atom. The first-order valence-electron chi connectivity index (χ1n) is 8.60. The molecule has 126 valence electrons. The monoisotopic (exact) mass is 333 g/mol. The van der Waals surface area contributed by atoms with Gasteiger partial charge in [-0.1, -0.05) is 55.5 Å². The largest absolute Gasteiger partial charge is 0.299 e. The van der Waals surface area contributed by atoms with E-state index >= 15 is 0 Å². The second-order valence-electron chi connectivity index (χ2n) is 6.88. The molecule has 0 radical (unpaired) electrons. The number of ketones is 1. The van der Waals surface area contributed by atoms with E-state index in [4.69, 9.17) is 0 Å². The molecule has 0 unspecified atom stereocenters. The maximum Gasteiger partial charge on any atom is 0.238 e. The molecule has 2 fully saturated rings. The van der Waals surface area contributed by atoms with Gasteiger partial charge in [0.05, 0.1) is 17.5 Å². The first-order chi connectivity index (χ1) is 12.1. The first-order valence-corrected chi connectivity index (χ1v) is 8.60. The van der Waals surface area contributed by atoms with Gasteiger partial charge in [-0.3, -0.25) is 19.3 Å². The molecular formula is C21H19NO3. The number of carbonyl (C=O) groups is 3. The smallest absolute Gasteiger partial charge is 0.238 e. The van der Waals surface area contributed by atoms with Crippen LogP contribution in [0.5, 0.6) is 0 Å². The third kappa shape index (κ3) is 2.40. The van der Waals surface area contributed by atoms with Gasteiger partial charge in [0.1, 0.15) is 5.78 Å². The van der Waals surface area contributed by atoms with Gasteiger partial charge >= 0.3 is 0 Å². The molecule has 4 rings (SSSR count). The van der Waals surface area contributed by atoms with E-state index in [9.17, 15) is 14.4 Å². The number of carbonyl (C=O) groups excluding carboxylic acids is 3. The SMILES string of the molecule is C[C@@H]1C(=O)C[C@@H]2C(=O)N(c3ccccc3)C(=O)[C@@H]2[C@H]1c1ccccc1. The molecule has 2 aliphatic rings. The highest BCUT2D eigenvalue weighted by molar-refractivity contribution is 6.23. The maximum absolute atomic E-state index is 13.2. The van der Waals surface area contributed by atoms with Crippen LogP contribution >= 0.6 is 0 Å². The Labute approximate surface area is 146 Å². The summed E-state index contributed by atoms with van der Waals surface area (Å²) >= 11 is 0. The van der Waals surface area contributed by atoms with Crippen LogP contribution in [-0.2, 0) is 14.4 Å². The summed E-state index contributed by atoms with van der Waals surface area (Å²) in [5.41, 5.74) is 1.54. The third-order valence-electron chi connectivity index (χ3n) is 5.53. The summed E-state index contributed by atoms with van der Waals surface area (Å²) in [5, 5.41) is 0. The molecule has 1 saturated heterocycles. The zero-order chi connectivity index (χ0) is 17.6. The Morgan fingerprint density at radius 2 is 1.40 bits per heavy atom. The summed E-state index contributed by atoms with van der Waals surface area (Å²) in [6.45, 7) is 1.87. The van der Waals surface area contributed by atoms with E-state index in [2.05, 4.69) is 0 Å². The first kappa shape index (κ1) is 15.8. The standard InChI is InChI=1S/C21H19NO3/c1-13-17(23)12-16-19(18(13)14-8-4-2-5-9-14)21(25)22(20(16)24)15-10-6-3-7-11-15/h2-11,13,16,18-19H,12H2,1H3/t13-,16+,18-,19+/m1/s1. The van der Waals surface area contributed by atoms with Crippen molar-refractivity contribution in [2.24, 2.45) is 17.8 Å². The van der Waals surface area contributed by atoms with Crippen molar-refractivity contribution in [1.29, 1.82) is 0 Å². The van der Waals surface area contributed by atoms with Gasteiger partial charge in [-0.15, -0.1) is 0 Å². The number of amides is 2. The zero-order valence-electron chi connectivity index (χ0n) is 14.0. The van der Waals surface area contributed by atoms with Crippen LogP contribution < -0.4 is 4.90 Å². The van der Waals surface area contributed by atoms with Crippen LogP contribution in [0.15, 0.2) is 60.7 Å². The number of hydrogen-bond acceptors (Lipinski definition) is 3. The Morgan fingerprint density at radius 1 is 0.800 bits per heavy atom. The molecule has 0 bridgehead atoms. The van der Waals surface area contributed by atoms with Crippen LogP contribution in [0.1, 0.15) is 24.8 Å². The van der Waals surface area contributed by atoms with Crippen molar-refractivity contribution in [1.82, 2.24) is 0 Å². The normalized spacial score (nSPS) is 29.0. The van der Waals surface area contributed by atoms with Crippen molar-refractivity contribution >= 4 is 23.3 Å². The van der Waals surface area contributed by atoms with Gasteiger partial charge in [0.2, 0.25) is 11.8 Å². The number of rotatable bonds is 2. The molecule has 4 nitrogen and oxygen atoms in total.